The molecule has 0 aliphatic heterocycles. The summed E-state index contributed by atoms with van der Waals surface area (Å²) in [5.74, 6) is -0.191. The van der Waals surface area contributed by atoms with Crippen LogP contribution >= 0.6 is 0 Å². The second-order valence-corrected chi connectivity index (χ2v) is 5.57. The molecule has 0 amide bonds. The SMILES string of the molecule is COC(=O)COc1cccc(NS(=O)(=O)c2ccn[nH]2)c1. The topological polar surface area (TPSA) is 110 Å². The lowest BCUT2D eigenvalue weighted by atomic mass is 10.3. The first-order valence-corrected chi connectivity index (χ1v) is 7.31. The molecule has 0 fully saturated rings. The van der Waals surface area contributed by atoms with Gasteiger partial charge in [0, 0.05) is 6.07 Å². The molecular formula is C12H13N3O5S. The zero-order valence-electron chi connectivity index (χ0n) is 11.1. The summed E-state index contributed by atoms with van der Waals surface area (Å²) in [7, 11) is -2.49. The molecule has 1 heterocycles. The van der Waals surface area contributed by atoms with Gasteiger partial charge in [-0.25, -0.2) is 4.79 Å². The van der Waals surface area contributed by atoms with Crippen LogP contribution in [-0.4, -0.2) is 38.3 Å². The van der Waals surface area contributed by atoms with Gasteiger partial charge in [0.1, 0.15) is 5.75 Å². The third-order valence-electron chi connectivity index (χ3n) is 2.44. The van der Waals surface area contributed by atoms with Crippen molar-refractivity contribution < 1.29 is 22.7 Å². The third kappa shape index (κ3) is 3.96. The Labute approximate surface area is 121 Å². The van der Waals surface area contributed by atoms with E-state index < -0.39 is 16.0 Å². The van der Waals surface area contributed by atoms with Gasteiger partial charge in [0.25, 0.3) is 10.0 Å². The highest BCUT2D eigenvalue weighted by molar-refractivity contribution is 7.92. The molecule has 21 heavy (non-hydrogen) atoms. The molecule has 0 saturated heterocycles. The second-order valence-electron chi connectivity index (χ2n) is 3.92. The van der Waals surface area contributed by atoms with E-state index in [9.17, 15) is 13.2 Å². The average Bonchev–Trinajstić information content (AvgIpc) is 2.99. The smallest absolute Gasteiger partial charge is 0.343 e. The van der Waals surface area contributed by atoms with Gasteiger partial charge < -0.3 is 9.47 Å². The Hall–Kier alpha value is -2.55. The van der Waals surface area contributed by atoms with Gasteiger partial charge in [-0.15, -0.1) is 0 Å². The zero-order chi connectivity index (χ0) is 15.3. The van der Waals surface area contributed by atoms with Crippen molar-refractivity contribution in [2.45, 2.75) is 5.03 Å². The summed E-state index contributed by atoms with van der Waals surface area (Å²) >= 11 is 0. The molecule has 2 aromatic rings. The summed E-state index contributed by atoms with van der Waals surface area (Å²) in [6.07, 6.45) is 1.34. The van der Waals surface area contributed by atoms with Crippen LogP contribution in [-0.2, 0) is 19.6 Å². The number of aromatic nitrogens is 2. The van der Waals surface area contributed by atoms with Gasteiger partial charge in [0.2, 0.25) is 0 Å². The van der Waals surface area contributed by atoms with E-state index in [2.05, 4.69) is 19.7 Å². The van der Waals surface area contributed by atoms with Crippen molar-refractivity contribution in [2.24, 2.45) is 0 Å². The fourth-order valence-corrected chi connectivity index (χ4v) is 2.41. The normalized spacial score (nSPS) is 10.9. The molecule has 2 rings (SSSR count). The van der Waals surface area contributed by atoms with Gasteiger partial charge in [0.05, 0.1) is 19.0 Å². The van der Waals surface area contributed by atoms with Crippen LogP contribution in [0, 0.1) is 0 Å². The van der Waals surface area contributed by atoms with E-state index in [4.69, 9.17) is 4.74 Å². The lowest BCUT2D eigenvalue weighted by molar-refractivity contribution is -0.142. The minimum atomic E-state index is -3.74. The molecular weight excluding hydrogens is 298 g/mol. The van der Waals surface area contributed by atoms with Gasteiger partial charge in [-0.05, 0) is 18.2 Å². The minimum Gasteiger partial charge on any atom is -0.482 e. The molecule has 112 valence electrons. The summed E-state index contributed by atoms with van der Waals surface area (Å²) in [6, 6.07) is 7.53. The van der Waals surface area contributed by atoms with Crippen LogP contribution in [0.5, 0.6) is 5.75 Å². The molecule has 0 spiro atoms. The van der Waals surface area contributed by atoms with E-state index in [1.165, 1.54) is 25.4 Å². The number of hydrogen-bond acceptors (Lipinski definition) is 6. The van der Waals surface area contributed by atoms with Crippen LogP contribution < -0.4 is 9.46 Å². The Morgan fingerprint density at radius 1 is 1.38 bits per heavy atom. The van der Waals surface area contributed by atoms with E-state index in [0.717, 1.165) is 0 Å². The molecule has 0 bridgehead atoms. The Balaban J connectivity index is 2.09. The van der Waals surface area contributed by atoms with Gasteiger partial charge >= 0.3 is 5.97 Å². The summed E-state index contributed by atoms with van der Waals surface area (Å²) in [5.41, 5.74) is 0.298. The van der Waals surface area contributed by atoms with Crippen molar-refractivity contribution in [3.8, 4) is 5.75 Å². The summed E-state index contributed by atoms with van der Waals surface area (Å²) < 4.78 is 36.0. The molecule has 0 aliphatic carbocycles. The minimum absolute atomic E-state index is 0.0524. The highest BCUT2D eigenvalue weighted by Gasteiger charge is 2.15. The van der Waals surface area contributed by atoms with E-state index in [1.807, 2.05) is 0 Å². The number of hydrogen-bond donors (Lipinski definition) is 2. The first kappa shape index (κ1) is 14.9. The van der Waals surface area contributed by atoms with Crippen molar-refractivity contribution in [3.05, 3.63) is 36.5 Å². The lowest BCUT2D eigenvalue weighted by Crippen LogP contribution is -2.14. The molecule has 1 aromatic heterocycles. The maximum absolute atomic E-state index is 12.0. The number of benzene rings is 1. The van der Waals surface area contributed by atoms with Crippen molar-refractivity contribution >= 4 is 21.7 Å². The van der Waals surface area contributed by atoms with Gasteiger partial charge in [-0.3, -0.25) is 9.82 Å². The number of ether oxygens (including phenoxy) is 2. The number of esters is 1. The Bertz CT molecular complexity index is 712. The molecule has 0 unspecified atom stereocenters. The summed E-state index contributed by atoms with van der Waals surface area (Å²) in [5, 5.41) is 5.90. The second kappa shape index (κ2) is 6.27. The van der Waals surface area contributed by atoms with Gasteiger partial charge in [-0.1, -0.05) is 6.07 Å². The number of carbonyl (C=O) groups is 1. The van der Waals surface area contributed by atoms with E-state index in [0.29, 0.717) is 11.4 Å². The number of carbonyl (C=O) groups excluding carboxylic acids is 1. The fourth-order valence-electron chi connectivity index (χ4n) is 1.45. The lowest BCUT2D eigenvalue weighted by Gasteiger charge is -2.09. The van der Waals surface area contributed by atoms with Crippen molar-refractivity contribution in [1.29, 1.82) is 0 Å². The molecule has 0 aliphatic rings. The van der Waals surface area contributed by atoms with Crippen LogP contribution in [0.15, 0.2) is 41.6 Å². The Morgan fingerprint density at radius 2 is 2.19 bits per heavy atom. The van der Waals surface area contributed by atoms with Crippen LogP contribution in [0.2, 0.25) is 0 Å². The first-order valence-electron chi connectivity index (χ1n) is 5.83. The largest absolute Gasteiger partial charge is 0.482 e. The molecule has 0 atom stereocenters. The number of H-pyrrole nitrogens is 1. The summed E-state index contributed by atoms with van der Waals surface area (Å²) in [4.78, 5) is 11.0. The highest BCUT2D eigenvalue weighted by atomic mass is 32.2. The number of methoxy groups -OCH3 is 1. The van der Waals surface area contributed by atoms with E-state index >= 15 is 0 Å². The van der Waals surface area contributed by atoms with Crippen molar-refractivity contribution in [1.82, 2.24) is 10.2 Å². The van der Waals surface area contributed by atoms with E-state index in [-0.39, 0.29) is 11.6 Å². The predicted molar refractivity (Wildman–Crippen MR) is 73.3 cm³/mol. The first-order chi connectivity index (χ1) is 10.0. The van der Waals surface area contributed by atoms with E-state index in [1.54, 1.807) is 18.2 Å². The Kier molecular flexibility index (Phi) is 4.43. The van der Waals surface area contributed by atoms with Crippen LogP contribution in [0.4, 0.5) is 5.69 Å². The molecule has 0 saturated carbocycles. The average molecular weight is 311 g/mol. The highest BCUT2D eigenvalue weighted by Crippen LogP contribution is 2.20. The molecule has 0 radical (unpaired) electrons. The fraction of sp³-hybridized carbons (Fsp3) is 0.167. The van der Waals surface area contributed by atoms with Crippen molar-refractivity contribution in [2.75, 3.05) is 18.4 Å². The molecule has 2 N–H and O–H groups in total. The quantitative estimate of drug-likeness (QED) is 0.762. The maximum atomic E-state index is 12.0. The number of nitrogens with zero attached hydrogens (tertiary/aromatic N) is 1. The van der Waals surface area contributed by atoms with Crippen LogP contribution in [0.25, 0.3) is 0 Å². The number of rotatable bonds is 6. The zero-order valence-corrected chi connectivity index (χ0v) is 11.9. The number of sulfonamides is 1. The van der Waals surface area contributed by atoms with Crippen LogP contribution in [0.1, 0.15) is 0 Å². The predicted octanol–water partition coefficient (Wildman–Crippen LogP) is 0.762. The molecule has 8 nitrogen and oxygen atoms in total. The van der Waals surface area contributed by atoms with Crippen LogP contribution in [0.3, 0.4) is 0 Å². The van der Waals surface area contributed by atoms with Gasteiger partial charge in [-0.2, -0.15) is 13.5 Å². The monoisotopic (exact) mass is 311 g/mol. The van der Waals surface area contributed by atoms with Crippen molar-refractivity contribution in [3.63, 3.8) is 0 Å². The molecule has 1 aromatic carbocycles. The number of nitrogens with one attached hydrogen (secondary N) is 2. The number of anilines is 1. The van der Waals surface area contributed by atoms with Gasteiger partial charge in [0.15, 0.2) is 11.6 Å². The Morgan fingerprint density at radius 3 is 2.86 bits per heavy atom. The number of aromatic amines is 1. The standard InChI is InChI=1S/C12H13N3O5S/c1-19-12(16)8-20-10-4-2-3-9(7-10)15-21(17,18)11-5-6-13-14-11/h2-7,15H,8H2,1H3,(H,13,14). The maximum Gasteiger partial charge on any atom is 0.343 e. The third-order valence-corrected chi connectivity index (χ3v) is 3.75. The summed E-state index contributed by atoms with van der Waals surface area (Å²) in [6.45, 7) is -0.257. The molecule has 9 heteroatoms.